The molecule has 0 amide bonds. The van der Waals surface area contributed by atoms with Crippen LogP contribution in [-0.4, -0.2) is 7.11 Å². The summed E-state index contributed by atoms with van der Waals surface area (Å²) >= 11 is 7.29. The first-order valence-electron chi connectivity index (χ1n) is 10.8. The summed E-state index contributed by atoms with van der Waals surface area (Å²) in [6.45, 7) is 0. The Bertz CT molecular complexity index is 1610. The number of thioether (sulfide) groups is 4. The summed E-state index contributed by atoms with van der Waals surface area (Å²) in [6, 6.07) is 23.9. The molecule has 2 heterocycles. The van der Waals surface area contributed by atoms with Crippen LogP contribution in [-0.2, 0) is 0 Å². The highest BCUT2D eigenvalue weighted by Crippen LogP contribution is 2.41. The number of benzene rings is 4. The van der Waals surface area contributed by atoms with Crippen molar-refractivity contribution in [3.8, 4) is 5.75 Å². The number of hydrogen-bond acceptors (Lipinski definition) is 5. The highest BCUT2D eigenvalue weighted by Gasteiger charge is 2.15. The van der Waals surface area contributed by atoms with Crippen LogP contribution in [0.3, 0.4) is 0 Å². The fourth-order valence-corrected chi connectivity index (χ4v) is 8.14. The first-order chi connectivity index (χ1) is 16.8. The Kier molecular flexibility index (Phi) is 6.27. The number of methoxy groups -OCH3 is 1. The minimum absolute atomic E-state index is 0.874. The Morgan fingerprint density at radius 1 is 0.559 bits per heavy atom. The van der Waals surface area contributed by atoms with Crippen molar-refractivity contribution in [2.75, 3.05) is 7.11 Å². The van der Waals surface area contributed by atoms with Crippen LogP contribution in [0.4, 0.5) is 0 Å². The van der Waals surface area contributed by atoms with E-state index < -0.39 is 0 Å². The minimum atomic E-state index is 0.874. The molecule has 4 aromatic rings. The lowest BCUT2D eigenvalue weighted by Crippen LogP contribution is -2.16. The summed E-state index contributed by atoms with van der Waals surface area (Å²) in [5, 5.41) is 16.7. The average Bonchev–Trinajstić information content (AvgIpc) is 3.61. The van der Waals surface area contributed by atoms with E-state index in [1.165, 1.54) is 46.0 Å². The van der Waals surface area contributed by atoms with Crippen molar-refractivity contribution in [1.29, 1.82) is 0 Å². The third-order valence-electron chi connectivity index (χ3n) is 5.85. The molecule has 34 heavy (non-hydrogen) atoms. The van der Waals surface area contributed by atoms with Crippen molar-refractivity contribution in [3.63, 3.8) is 0 Å². The average molecular weight is 513 g/mol. The second-order valence-electron chi connectivity index (χ2n) is 7.80. The Labute approximate surface area is 215 Å². The lowest BCUT2D eigenvalue weighted by atomic mass is 9.97. The molecule has 0 saturated carbocycles. The van der Waals surface area contributed by atoms with Gasteiger partial charge in [-0.3, -0.25) is 0 Å². The van der Waals surface area contributed by atoms with Gasteiger partial charge >= 0.3 is 0 Å². The summed E-state index contributed by atoms with van der Waals surface area (Å²) in [6.07, 6.45) is 4.36. The molecule has 166 valence electrons. The number of hydrogen-bond donors (Lipinski definition) is 0. The van der Waals surface area contributed by atoms with Crippen LogP contribution >= 0.6 is 47.0 Å². The number of fused-ring (bicyclic) bond motifs is 2. The summed E-state index contributed by atoms with van der Waals surface area (Å²) < 4.78 is 7.98. The Balaban J connectivity index is 1.62. The standard InChI is InChI=1S/C29H20OS4/c1-30-21-11-8-19(9-12-21)6-7-20-10-13-24-25(18-20)27(29-33-16-17-34-29)23-5-3-2-4-22(23)26(24)28-31-14-15-32-28/h2-18H,1H3/b7-6+. The quantitative estimate of drug-likeness (QED) is 0.201. The van der Waals surface area contributed by atoms with Gasteiger partial charge in [0.25, 0.3) is 0 Å². The van der Waals surface area contributed by atoms with Crippen LogP contribution in [0.15, 0.2) is 88.4 Å². The lowest BCUT2D eigenvalue weighted by Gasteiger charge is -2.12. The summed E-state index contributed by atoms with van der Waals surface area (Å²) in [4.78, 5) is 0. The van der Waals surface area contributed by atoms with E-state index in [4.69, 9.17) is 4.74 Å². The molecule has 6 rings (SSSR count). The summed E-state index contributed by atoms with van der Waals surface area (Å²) in [5.41, 5.74) is 2.35. The molecule has 5 heteroatoms. The SMILES string of the molecule is COc1ccc(/C=C/c2ccc3c(=C4SC=CS4)c4ccccc4c(=C4SC=CS4)c3c2)cc1. The Morgan fingerprint density at radius 3 is 1.65 bits per heavy atom. The van der Waals surface area contributed by atoms with Crippen LogP contribution in [0.2, 0.25) is 0 Å². The fourth-order valence-electron chi connectivity index (χ4n) is 4.30. The van der Waals surface area contributed by atoms with Crippen LogP contribution in [0.5, 0.6) is 5.75 Å². The maximum atomic E-state index is 5.29. The van der Waals surface area contributed by atoms with Gasteiger partial charge in [-0.1, -0.05) is 108 Å². The highest BCUT2D eigenvalue weighted by atomic mass is 32.2. The van der Waals surface area contributed by atoms with Crippen LogP contribution in [0, 0.1) is 0 Å². The molecule has 0 unspecified atom stereocenters. The largest absolute Gasteiger partial charge is 0.497 e. The molecule has 0 bridgehead atoms. The molecular weight excluding hydrogens is 493 g/mol. The van der Waals surface area contributed by atoms with Gasteiger partial charge in [0.05, 0.1) is 15.6 Å². The van der Waals surface area contributed by atoms with Crippen molar-refractivity contribution in [1.82, 2.24) is 0 Å². The summed E-state index contributed by atoms with van der Waals surface area (Å²) in [5.74, 6) is 0.874. The van der Waals surface area contributed by atoms with E-state index in [-0.39, 0.29) is 0 Å². The molecule has 0 aromatic heterocycles. The van der Waals surface area contributed by atoms with Gasteiger partial charge in [0, 0.05) is 10.4 Å². The molecule has 0 saturated heterocycles. The lowest BCUT2D eigenvalue weighted by molar-refractivity contribution is 0.415. The third kappa shape index (κ3) is 4.11. The smallest absolute Gasteiger partial charge is 0.118 e. The van der Waals surface area contributed by atoms with Crippen molar-refractivity contribution >= 4 is 89.2 Å². The van der Waals surface area contributed by atoms with E-state index in [9.17, 15) is 0 Å². The van der Waals surface area contributed by atoms with E-state index in [2.05, 4.69) is 88.4 Å². The zero-order valence-electron chi connectivity index (χ0n) is 18.4. The maximum absolute atomic E-state index is 5.29. The van der Waals surface area contributed by atoms with Crippen LogP contribution in [0.25, 0.3) is 42.2 Å². The van der Waals surface area contributed by atoms with Crippen molar-refractivity contribution in [3.05, 3.63) is 110 Å². The highest BCUT2D eigenvalue weighted by molar-refractivity contribution is 8.35. The van der Waals surface area contributed by atoms with Gasteiger partial charge in [0.15, 0.2) is 0 Å². The molecule has 2 aliphatic rings. The van der Waals surface area contributed by atoms with E-state index in [0.29, 0.717) is 0 Å². The van der Waals surface area contributed by atoms with E-state index in [0.717, 1.165) is 11.3 Å². The molecule has 0 N–H and O–H groups in total. The van der Waals surface area contributed by atoms with Gasteiger partial charge in [0.2, 0.25) is 0 Å². The minimum Gasteiger partial charge on any atom is -0.497 e. The molecule has 1 nitrogen and oxygen atoms in total. The second kappa shape index (κ2) is 9.67. The first kappa shape index (κ1) is 22.1. The first-order valence-corrected chi connectivity index (χ1v) is 14.4. The molecule has 0 fully saturated rings. The van der Waals surface area contributed by atoms with Crippen LogP contribution in [0.1, 0.15) is 11.1 Å². The van der Waals surface area contributed by atoms with Crippen LogP contribution < -0.4 is 15.2 Å². The number of rotatable bonds is 3. The van der Waals surface area contributed by atoms with E-state index >= 15 is 0 Å². The van der Waals surface area contributed by atoms with Crippen molar-refractivity contribution in [2.24, 2.45) is 0 Å². The molecule has 0 aliphatic carbocycles. The molecule has 4 aromatic carbocycles. The van der Waals surface area contributed by atoms with E-state index in [1.807, 2.05) is 59.2 Å². The predicted molar refractivity (Wildman–Crippen MR) is 158 cm³/mol. The molecular formula is C29H20OS4. The number of ether oxygens (including phenoxy) is 1. The zero-order valence-corrected chi connectivity index (χ0v) is 21.6. The fraction of sp³-hybridized carbons (Fsp3) is 0.0345. The molecule has 0 radical (unpaired) electrons. The molecule has 2 aliphatic heterocycles. The molecule has 0 spiro atoms. The monoisotopic (exact) mass is 512 g/mol. The topological polar surface area (TPSA) is 9.23 Å². The van der Waals surface area contributed by atoms with Gasteiger partial charge in [-0.15, -0.1) is 0 Å². The maximum Gasteiger partial charge on any atom is 0.118 e. The van der Waals surface area contributed by atoms with Gasteiger partial charge in [0.1, 0.15) is 5.75 Å². The van der Waals surface area contributed by atoms with E-state index in [1.54, 1.807) is 7.11 Å². The second-order valence-corrected chi connectivity index (χ2v) is 12.0. The van der Waals surface area contributed by atoms with Gasteiger partial charge in [-0.2, -0.15) is 0 Å². The summed E-state index contributed by atoms with van der Waals surface area (Å²) in [7, 11) is 1.70. The zero-order chi connectivity index (χ0) is 22.9. The van der Waals surface area contributed by atoms with Gasteiger partial charge in [-0.05, 0) is 72.5 Å². The molecule has 0 atom stereocenters. The predicted octanol–water partition coefficient (Wildman–Crippen LogP) is 8.21. The van der Waals surface area contributed by atoms with Gasteiger partial charge in [-0.25, -0.2) is 0 Å². The van der Waals surface area contributed by atoms with Crippen molar-refractivity contribution in [2.45, 2.75) is 0 Å². The normalized spacial score (nSPS) is 15.4. The third-order valence-corrected chi connectivity index (χ3v) is 10.1. The van der Waals surface area contributed by atoms with Gasteiger partial charge < -0.3 is 4.74 Å². The van der Waals surface area contributed by atoms with Crippen molar-refractivity contribution < 1.29 is 4.74 Å². The Hall–Kier alpha value is -2.44. The Morgan fingerprint density at radius 2 is 1.06 bits per heavy atom.